The summed E-state index contributed by atoms with van der Waals surface area (Å²) in [5, 5.41) is 5.27. The fraction of sp³-hybridized carbons (Fsp3) is 0.308. The number of amides is 1. The zero-order chi connectivity index (χ0) is 23.5. The van der Waals surface area contributed by atoms with E-state index in [2.05, 4.69) is 10.2 Å². The molecule has 2 aromatic carbocycles. The molecule has 7 heteroatoms. The van der Waals surface area contributed by atoms with Crippen LogP contribution in [0, 0.1) is 6.92 Å². The third-order valence-corrected chi connectivity index (χ3v) is 5.58. The molecule has 0 saturated carbocycles. The molecule has 0 unspecified atom stereocenters. The van der Waals surface area contributed by atoms with Crippen molar-refractivity contribution in [3.8, 4) is 17.1 Å². The number of carbonyl (C=O) groups excluding carboxylic acids is 1. The minimum absolute atomic E-state index is 0.0266. The van der Waals surface area contributed by atoms with Crippen molar-refractivity contribution in [2.24, 2.45) is 0 Å². The Morgan fingerprint density at radius 1 is 1.06 bits per heavy atom. The molecule has 0 atom stereocenters. The van der Waals surface area contributed by atoms with E-state index in [1.807, 2.05) is 50.5 Å². The molecule has 0 aliphatic carbocycles. The van der Waals surface area contributed by atoms with Crippen LogP contribution in [0.1, 0.15) is 17.7 Å². The van der Waals surface area contributed by atoms with Crippen LogP contribution in [0.15, 0.2) is 56.1 Å². The average Bonchev–Trinajstić information content (AvgIpc) is 3.13. The van der Waals surface area contributed by atoms with Gasteiger partial charge in [-0.3, -0.25) is 4.79 Å². The number of ether oxygens (including phenoxy) is 1. The summed E-state index contributed by atoms with van der Waals surface area (Å²) in [5.74, 6) is 1.57. The summed E-state index contributed by atoms with van der Waals surface area (Å²) in [6, 6.07) is 13.4. The predicted molar refractivity (Wildman–Crippen MR) is 129 cm³/mol. The van der Waals surface area contributed by atoms with Crippen LogP contribution in [0.3, 0.4) is 0 Å². The first-order valence-electron chi connectivity index (χ1n) is 10.9. The molecule has 0 bridgehead atoms. The number of nitrogens with zero attached hydrogens (tertiary/aromatic N) is 1. The van der Waals surface area contributed by atoms with Crippen molar-refractivity contribution in [1.82, 2.24) is 10.2 Å². The molecule has 4 aromatic rings. The Hall–Kier alpha value is -3.58. The molecule has 1 N–H and O–H groups in total. The molecular weight excluding hydrogens is 420 g/mol. The molecule has 7 nitrogen and oxygen atoms in total. The fourth-order valence-electron chi connectivity index (χ4n) is 3.96. The van der Waals surface area contributed by atoms with Crippen molar-refractivity contribution < 1.29 is 18.4 Å². The van der Waals surface area contributed by atoms with E-state index in [0.717, 1.165) is 35.1 Å². The maximum Gasteiger partial charge on any atom is 0.347 e. The lowest BCUT2D eigenvalue weighted by Gasteiger charge is -2.10. The molecule has 4 rings (SSSR count). The normalized spacial score (nSPS) is 11.4. The van der Waals surface area contributed by atoms with Gasteiger partial charge in [-0.25, -0.2) is 4.79 Å². The van der Waals surface area contributed by atoms with E-state index in [4.69, 9.17) is 13.6 Å². The highest BCUT2D eigenvalue weighted by Gasteiger charge is 2.22. The second-order valence-corrected chi connectivity index (χ2v) is 8.40. The molecule has 0 spiro atoms. The summed E-state index contributed by atoms with van der Waals surface area (Å²) in [7, 11) is 5.62. The number of hydrogen-bond donors (Lipinski definition) is 1. The topological polar surface area (TPSA) is 84.9 Å². The zero-order valence-electron chi connectivity index (χ0n) is 19.4. The summed E-state index contributed by atoms with van der Waals surface area (Å²) >= 11 is 0. The average molecular weight is 449 g/mol. The van der Waals surface area contributed by atoms with Crippen LogP contribution in [-0.2, 0) is 11.2 Å². The molecule has 1 amide bonds. The molecule has 2 aromatic heterocycles. The van der Waals surface area contributed by atoms with E-state index < -0.39 is 5.63 Å². The van der Waals surface area contributed by atoms with Crippen LogP contribution in [0.4, 0.5) is 0 Å². The van der Waals surface area contributed by atoms with Crippen LogP contribution < -0.4 is 15.7 Å². The van der Waals surface area contributed by atoms with E-state index in [1.54, 1.807) is 20.1 Å². The van der Waals surface area contributed by atoms with Crippen LogP contribution >= 0.6 is 0 Å². The largest absolute Gasteiger partial charge is 0.497 e. The van der Waals surface area contributed by atoms with Crippen LogP contribution in [0.2, 0.25) is 0 Å². The van der Waals surface area contributed by atoms with Crippen molar-refractivity contribution in [3.05, 3.63) is 64.2 Å². The van der Waals surface area contributed by atoms with Crippen molar-refractivity contribution in [1.29, 1.82) is 0 Å². The van der Waals surface area contributed by atoms with E-state index >= 15 is 0 Å². The van der Waals surface area contributed by atoms with Gasteiger partial charge in [-0.1, -0.05) is 18.2 Å². The third kappa shape index (κ3) is 4.93. The molecule has 2 heterocycles. The molecule has 0 fully saturated rings. The highest BCUT2D eigenvalue weighted by molar-refractivity contribution is 5.95. The molecule has 0 aliphatic heterocycles. The Morgan fingerprint density at radius 2 is 1.82 bits per heavy atom. The Kier molecular flexibility index (Phi) is 6.51. The van der Waals surface area contributed by atoms with E-state index in [0.29, 0.717) is 34.6 Å². The first kappa shape index (κ1) is 22.6. The van der Waals surface area contributed by atoms with Gasteiger partial charge in [0.1, 0.15) is 28.2 Å². The maximum absolute atomic E-state index is 12.7. The number of benzene rings is 2. The number of fused-ring (bicyclic) bond motifs is 2. The summed E-state index contributed by atoms with van der Waals surface area (Å²) in [4.78, 5) is 27.5. The third-order valence-electron chi connectivity index (χ3n) is 5.58. The smallest absolute Gasteiger partial charge is 0.347 e. The number of nitrogens with one attached hydrogen (secondary N) is 1. The first-order chi connectivity index (χ1) is 15.9. The quantitative estimate of drug-likeness (QED) is 0.408. The predicted octanol–water partition coefficient (Wildman–Crippen LogP) is 4.13. The van der Waals surface area contributed by atoms with Gasteiger partial charge in [0.15, 0.2) is 0 Å². The summed E-state index contributed by atoms with van der Waals surface area (Å²) in [5.41, 5.74) is 1.25. The van der Waals surface area contributed by atoms with Gasteiger partial charge in [0.2, 0.25) is 5.91 Å². The van der Waals surface area contributed by atoms with E-state index in [9.17, 15) is 9.59 Å². The van der Waals surface area contributed by atoms with Gasteiger partial charge in [0.25, 0.3) is 0 Å². The van der Waals surface area contributed by atoms with Crippen LogP contribution in [0.5, 0.6) is 5.75 Å². The van der Waals surface area contributed by atoms with E-state index in [-0.39, 0.29) is 12.3 Å². The van der Waals surface area contributed by atoms with Crippen LogP contribution in [-0.4, -0.2) is 45.1 Å². The van der Waals surface area contributed by atoms with Crippen LogP contribution in [0.25, 0.3) is 33.1 Å². The molecule has 0 saturated heterocycles. The number of methoxy groups -OCH3 is 1. The monoisotopic (exact) mass is 448 g/mol. The number of hydrogen-bond acceptors (Lipinski definition) is 6. The van der Waals surface area contributed by atoms with Crippen molar-refractivity contribution in [3.63, 3.8) is 0 Å². The molecule has 0 aliphatic rings. The van der Waals surface area contributed by atoms with Gasteiger partial charge in [-0.15, -0.1) is 0 Å². The van der Waals surface area contributed by atoms with E-state index in [1.165, 1.54) is 0 Å². The second kappa shape index (κ2) is 9.50. The standard InChI is InChI=1S/C26H28N2O5/c1-16-12-22-24(26(30)32-16)21(15-23(29)27-10-5-11-28(2)3)25(33-22)19-7-6-18-14-20(31-4)9-8-17(18)13-19/h6-9,12-14H,5,10-11,15H2,1-4H3,(H,27,29). The Bertz CT molecular complexity index is 1370. The molecule has 33 heavy (non-hydrogen) atoms. The number of rotatable bonds is 8. The minimum Gasteiger partial charge on any atom is -0.497 e. The number of carbonyl (C=O) groups is 1. The van der Waals surface area contributed by atoms with Gasteiger partial charge in [0.05, 0.1) is 13.5 Å². The van der Waals surface area contributed by atoms with Crippen molar-refractivity contribution in [2.45, 2.75) is 19.8 Å². The molecule has 172 valence electrons. The highest BCUT2D eigenvalue weighted by Crippen LogP contribution is 2.35. The van der Waals surface area contributed by atoms with Gasteiger partial charge in [0, 0.05) is 23.7 Å². The summed E-state index contributed by atoms with van der Waals surface area (Å²) in [6.07, 6.45) is 0.867. The molecule has 0 radical (unpaired) electrons. The van der Waals surface area contributed by atoms with Crippen molar-refractivity contribution >= 4 is 27.6 Å². The minimum atomic E-state index is -0.499. The Labute approximate surface area is 191 Å². The first-order valence-corrected chi connectivity index (χ1v) is 10.9. The van der Waals surface area contributed by atoms with Gasteiger partial charge in [-0.2, -0.15) is 0 Å². The SMILES string of the molecule is COc1ccc2cc(-c3oc4cc(C)oc(=O)c4c3CC(=O)NCCCN(C)C)ccc2c1. The summed E-state index contributed by atoms with van der Waals surface area (Å²) < 4.78 is 16.7. The lowest BCUT2D eigenvalue weighted by molar-refractivity contribution is -0.120. The zero-order valence-corrected chi connectivity index (χ0v) is 19.4. The Morgan fingerprint density at radius 3 is 2.58 bits per heavy atom. The lowest BCUT2D eigenvalue weighted by atomic mass is 10.0. The maximum atomic E-state index is 12.7. The van der Waals surface area contributed by atoms with Crippen molar-refractivity contribution in [2.75, 3.05) is 34.3 Å². The highest BCUT2D eigenvalue weighted by atomic mass is 16.5. The fourth-order valence-corrected chi connectivity index (χ4v) is 3.96. The second-order valence-electron chi connectivity index (χ2n) is 8.40. The summed E-state index contributed by atoms with van der Waals surface area (Å²) in [6.45, 7) is 3.14. The van der Waals surface area contributed by atoms with Gasteiger partial charge >= 0.3 is 5.63 Å². The number of furan rings is 1. The Balaban J connectivity index is 1.73. The molecular formula is C26H28N2O5. The number of aryl methyl sites for hydroxylation is 1. The lowest BCUT2D eigenvalue weighted by Crippen LogP contribution is -2.28. The van der Waals surface area contributed by atoms with Gasteiger partial charge < -0.3 is 23.8 Å². The van der Waals surface area contributed by atoms with Gasteiger partial charge in [-0.05, 0) is 63.0 Å².